The summed E-state index contributed by atoms with van der Waals surface area (Å²) in [7, 11) is 0. The Kier molecular flexibility index (Phi) is 4.92. The van der Waals surface area contributed by atoms with E-state index in [2.05, 4.69) is 10.3 Å². The van der Waals surface area contributed by atoms with E-state index in [1.165, 1.54) is 0 Å². The van der Waals surface area contributed by atoms with Gasteiger partial charge in [-0.2, -0.15) is 5.26 Å². The van der Waals surface area contributed by atoms with E-state index < -0.39 is 6.04 Å². The van der Waals surface area contributed by atoms with Gasteiger partial charge in [-0.1, -0.05) is 48.0 Å². The first-order chi connectivity index (χ1) is 12.5. The summed E-state index contributed by atoms with van der Waals surface area (Å²) in [5, 5.41) is 12.7. The zero-order valence-corrected chi connectivity index (χ0v) is 14.7. The minimum atomic E-state index is -0.697. The van der Waals surface area contributed by atoms with Gasteiger partial charge in [-0.3, -0.25) is 4.79 Å². The van der Waals surface area contributed by atoms with Crippen LogP contribution in [0, 0.1) is 11.5 Å². The lowest BCUT2D eigenvalue weighted by atomic mass is 9.95. The van der Waals surface area contributed by atoms with Crippen LogP contribution in [-0.2, 0) is 4.79 Å². The molecule has 0 saturated heterocycles. The SMILES string of the molecule is CC1=C(C(=O)Nc2ccccc2)C(c2ccccc2Cl)N=C(N)N1C#N. The van der Waals surface area contributed by atoms with Gasteiger partial charge in [-0.25, -0.2) is 9.89 Å². The normalized spacial score (nSPS) is 16.7. The van der Waals surface area contributed by atoms with Gasteiger partial charge in [0, 0.05) is 22.0 Å². The molecular formula is C19H16ClN5O. The number of guanidine groups is 1. The van der Waals surface area contributed by atoms with E-state index in [1.54, 1.807) is 37.3 Å². The van der Waals surface area contributed by atoms with Crippen molar-refractivity contribution >= 4 is 29.2 Å². The number of hydrogen-bond donors (Lipinski definition) is 2. The van der Waals surface area contributed by atoms with Gasteiger partial charge in [-0.15, -0.1) is 0 Å². The van der Waals surface area contributed by atoms with Gasteiger partial charge in [0.2, 0.25) is 5.96 Å². The molecule has 1 atom stereocenters. The number of carbonyl (C=O) groups is 1. The molecule has 6 nitrogen and oxygen atoms in total. The van der Waals surface area contributed by atoms with E-state index in [0.29, 0.717) is 27.5 Å². The van der Waals surface area contributed by atoms with E-state index in [4.69, 9.17) is 17.3 Å². The van der Waals surface area contributed by atoms with E-state index in [0.717, 1.165) is 4.90 Å². The van der Waals surface area contributed by atoms with Crippen LogP contribution in [0.3, 0.4) is 0 Å². The largest absolute Gasteiger partial charge is 0.369 e. The monoisotopic (exact) mass is 365 g/mol. The Hall–Kier alpha value is -3.30. The molecule has 1 aliphatic heterocycles. The number of carbonyl (C=O) groups excluding carboxylic acids is 1. The fourth-order valence-electron chi connectivity index (χ4n) is 2.80. The molecule has 1 amide bonds. The fraction of sp³-hybridized carbons (Fsp3) is 0.105. The summed E-state index contributed by atoms with van der Waals surface area (Å²) in [4.78, 5) is 18.5. The van der Waals surface area contributed by atoms with Crippen molar-refractivity contribution in [1.29, 1.82) is 5.26 Å². The minimum absolute atomic E-state index is 0.0196. The summed E-state index contributed by atoms with van der Waals surface area (Å²) >= 11 is 6.31. The van der Waals surface area contributed by atoms with Gasteiger partial charge in [0.05, 0.1) is 5.57 Å². The number of aliphatic imine (C=N–C) groups is 1. The molecule has 1 unspecified atom stereocenters. The van der Waals surface area contributed by atoms with Crippen LogP contribution in [0.15, 0.2) is 70.9 Å². The molecule has 1 heterocycles. The van der Waals surface area contributed by atoms with Crippen molar-refractivity contribution in [2.45, 2.75) is 13.0 Å². The Balaban J connectivity index is 2.07. The first kappa shape index (κ1) is 17.5. The van der Waals surface area contributed by atoms with Gasteiger partial charge in [0.1, 0.15) is 6.04 Å². The highest BCUT2D eigenvalue weighted by molar-refractivity contribution is 6.31. The van der Waals surface area contributed by atoms with Gasteiger partial charge in [0.25, 0.3) is 5.91 Å². The van der Waals surface area contributed by atoms with Crippen molar-refractivity contribution in [3.8, 4) is 6.19 Å². The number of allylic oxidation sites excluding steroid dienone is 1. The van der Waals surface area contributed by atoms with Crippen molar-refractivity contribution in [1.82, 2.24) is 4.90 Å². The molecule has 0 bridgehead atoms. The third-order valence-electron chi connectivity index (χ3n) is 4.07. The van der Waals surface area contributed by atoms with Gasteiger partial charge >= 0.3 is 0 Å². The number of rotatable bonds is 3. The number of hydrogen-bond acceptors (Lipinski definition) is 5. The second-order valence-electron chi connectivity index (χ2n) is 5.67. The lowest BCUT2D eigenvalue weighted by molar-refractivity contribution is -0.113. The Morgan fingerprint density at radius 1 is 1.23 bits per heavy atom. The van der Waals surface area contributed by atoms with Crippen LogP contribution in [0.2, 0.25) is 5.02 Å². The molecule has 0 fully saturated rings. The molecule has 3 N–H and O–H groups in total. The highest BCUT2D eigenvalue weighted by Crippen LogP contribution is 2.36. The van der Waals surface area contributed by atoms with E-state index in [9.17, 15) is 10.1 Å². The van der Waals surface area contributed by atoms with Crippen LogP contribution in [0.4, 0.5) is 5.69 Å². The fourth-order valence-corrected chi connectivity index (χ4v) is 3.04. The van der Waals surface area contributed by atoms with Crippen molar-refractivity contribution in [3.05, 3.63) is 76.5 Å². The molecule has 1 aliphatic rings. The minimum Gasteiger partial charge on any atom is -0.369 e. The molecule has 7 heteroatoms. The molecule has 26 heavy (non-hydrogen) atoms. The maximum absolute atomic E-state index is 13.0. The number of nitrogens with zero attached hydrogens (tertiary/aromatic N) is 3. The van der Waals surface area contributed by atoms with Gasteiger partial charge in [0.15, 0.2) is 6.19 Å². The average molecular weight is 366 g/mol. The number of nitrogens with two attached hydrogens (primary N) is 1. The Bertz CT molecular complexity index is 946. The van der Waals surface area contributed by atoms with E-state index >= 15 is 0 Å². The summed E-state index contributed by atoms with van der Waals surface area (Å²) in [5.41, 5.74) is 7.94. The van der Waals surface area contributed by atoms with Crippen LogP contribution in [0.1, 0.15) is 18.5 Å². The third kappa shape index (κ3) is 3.25. The smallest absolute Gasteiger partial charge is 0.255 e. The molecule has 2 aromatic carbocycles. The van der Waals surface area contributed by atoms with Crippen molar-refractivity contribution < 1.29 is 4.79 Å². The number of halogens is 1. The maximum Gasteiger partial charge on any atom is 0.255 e. The van der Waals surface area contributed by atoms with E-state index in [-0.39, 0.29) is 11.9 Å². The van der Waals surface area contributed by atoms with Crippen molar-refractivity contribution in [3.63, 3.8) is 0 Å². The predicted octanol–water partition coefficient (Wildman–Crippen LogP) is 3.41. The maximum atomic E-state index is 13.0. The highest BCUT2D eigenvalue weighted by Gasteiger charge is 2.33. The molecule has 0 aromatic heterocycles. The molecule has 3 rings (SSSR count). The number of nitrogens with one attached hydrogen (secondary N) is 1. The molecule has 0 saturated carbocycles. The molecule has 0 aliphatic carbocycles. The molecule has 0 spiro atoms. The average Bonchev–Trinajstić information content (AvgIpc) is 2.62. The topological polar surface area (TPSA) is 94.5 Å². The standard InChI is InChI=1S/C19H16ClN5O/c1-12-16(18(26)23-13-7-3-2-4-8-13)17(24-19(22)25(12)11-21)14-9-5-6-10-15(14)20/h2-10,17H,1H3,(H2,22,24)(H,23,26). The molecule has 0 radical (unpaired) electrons. The molecule has 2 aromatic rings. The van der Waals surface area contributed by atoms with Crippen molar-refractivity contribution in [2.75, 3.05) is 5.32 Å². The second-order valence-corrected chi connectivity index (χ2v) is 6.07. The summed E-state index contributed by atoms with van der Waals surface area (Å²) in [6.45, 7) is 1.66. The van der Waals surface area contributed by atoms with Gasteiger partial charge < -0.3 is 11.1 Å². The highest BCUT2D eigenvalue weighted by atomic mass is 35.5. The lowest BCUT2D eigenvalue weighted by Crippen LogP contribution is -2.39. The number of para-hydroxylation sites is 1. The zero-order valence-electron chi connectivity index (χ0n) is 14.0. The van der Waals surface area contributed by atoms with Crippen LogP contribution < -0.4 is 11.1 Å². The Morgan fingerprint density at radius 2 is 1.88 bits per heavy atom. The van der Waals surface area contributed by atoms with Crippen molar-refractivity contribution in [2.24, 2.45) is 10.7 Å². The Morgan fingerprint density at radius 3 is 2.54 bits per heavy atom. The quantitative estimate of drug-likeness (QED) is 0.815. The summed E-state index contributed by atoms with van der Waals surface area (Å²) in [6.07, 6.45) is 1.95. The van der Waals surface area contributed by atoms with E-state index in [1.807, 2.05) is 30.5 Å². The number of nitriles is 1. The van der Waals surface area contributed by atoms with Crippen LogP contribution in [0.5, 0.6) is 0 Å². The summed E-state index contributed by atoms with van der Waals surface area (Å²) in [5.74, 6) is -0.346. The second kappa shape index (κ2) is 7.30. The van der Waals surface area contributed by atoms with Crippen LogP contribution in [-0.4, -0.2) is 16.8 Å². The van der Waals surface area contributed by atoms with Gasteiger partial charge in [-0.05, 0) is 25.1 Å². The number of benzene rings is 2. The predicted molar refractivity (Wildman–Crippen MR) is 101 cm³/mol. The first-order valence-corrected chi connectivity index (χ1v) is 8.25. The molecular weight excluding hydrogens is 350 g/mol. The Labute approximate surface area is 156 Å². The third-order valence-corrected chi connectivity index (χ3v) is 4.41. The summed E-state index contributed by atoms with van der Waals surface area (Å²) < 4.78 is 0. The lowest BCUT2D eigenvalue weighted by Gasteiger charge is -2.29. The molecule has 130 valence electrons. The number of amides is 1. The van der Waals surface area contributed by atoms with Crippen LogP contribution >= 0.6 is 11.6 Å². The number of anilines is 1. The van der Waals surface area contributed by atoms with Crippen LogP contribution in [0.25, 0.3) is 0 Å². The zero-order chi connectivity index (χ0) is 18.7. The summed E-state index contributed by atoms with van der Waals surface area (Å²) in [6, 6.07) is 15.5. The first-order valence-electron chi connectivity index (χ1n) is 7.87.